The van der Waals surface area contributed by atoms with Crippen LogP contribution < -0.4 is 9.62 Å². The summed E-state index contributed by atoms with van der Waals surface area (Å²) in [4.78, 5) is 30.3. The molecule has 4 aromatic rings. The Morgan fingerprint density at radius 3 is 2.02 bits per heavy atom. The van der Waals surface area contributed by atoms with Crippen molar-refractivity contribution in [2.75, 3.05) is 10.8 Å². The Bertz CT molecular complexity index is 1710. The average molecular weight is 658 g/mol. The average Bonchev–Trinajstić information content (AvgIpc) is 3.07. The Morgan fingerprint density at radius 1 is 0.804 bits per heavy atom. The zero-order chi connectivity index (χ0) is 32.5. The normalized spacial score (nSPS) is 14.3. The lowest BCUT2D eigenvalue weighted by molar-refractivity contribution is -0.140. The Balaban J connectivity index is 1.55. The molecule has 1 aliphatic rings. The summed E-state index contributed by atoms with van der Waals surface area (Å²) in [6.45, 7) is 1.45. The van der Waals surface area contributed by atoms with Gasteiger partial charge in [0, 0.05) is 24.0 Å². The van der Waals surface area contributed by atoms with Crippen LogP contribution in [0.4, 0.5) is 5.69 Å². The summed E-state index contributed by atoms with van der Waals surface area (Å²) in [6.07, 6.45) is 5.33. The predicted octanol–water partition coefficient (Wildman–Crippen LogP) is 6.93. The lowest BCUT2D eigenvalue weighted by Crippen LogP contribution is -2.55. The molecule has 0 aromatic heterocycles. The van der Waals surface area contributed by atoms with Crippen LogP contribution >= 0.6 is 11.6 Å². The van der Waals surface area contributed by atoms with E-state index < -0.39 is 28.5 Å². The van der Waals surface area contributed by atoms with Crippen molar-refractivity contribution < 1.29 is 18.0 Å². The van der Waals surface area contributed by atoms with Crippen LogP contribution in [0.3, 0.4) is 0 Å². The predicted molar refractivity (Wildman–Crippen MR) is 183 cm³/mol. The zero-order valence-electron chi connectivity index (χ0n) is 26.0. The quantitative estimate of drug-likeness (QED) is 0.179. The molecule has 5 rings (SSSR count). The van der Waals surface area contributed by atoms with Gasteiger partial charge in [-0.3, -0.25) is 13.9 Å². The van der Waals surface area contributed by atoms with Crippen LogP contribution in [0.1, 0.15) is 48.8 Å². The molecule has 0 heterocycles. The van der Waals surface area contributed by atoms with Crippen LogP contribution in [0.15, 0.2) is 114 Å². The van der Waals surface area contributed by atoms with E-state index in [1.807, 2.05) is 79.7 Å². The van der Waals surface area contributed by atoms with E-state index in [2.05, 4.69) is 5.32 Å². The fraction of sp³-hybridized carbons (Fsp3) is 0.297. The highest BCUT2D eigenvalue weighted by Gasteiger charge is 2.35. The number of nitrogens with zero attached hydrogens (tertiary/aromatic N) is 2. The number of carbonyl (C=O) groups is 2. The molecule has 9 heteroatoms. The lowest BCUT2D eigenvalue weighted by atomic mass is 9.94. The van der Waals surface area contributed by atoms with Gasteiger partial charge in [0.05, 0.1) is 10.6 Å². The first kappa shape index (κ1) is 33.2. The first-order valence-corrected chi connectivity index (χ1v) is 17.6. The van der Waals surface area contributed by atoms with Crippen molar-refractivity contribution in [3.63, 3.8) is 0 Å². The molecule has 1 atom stereocenters. The third kappa shape index (κ3) is 8.36. The van der Waals surface area contributed by atoms with Gasteiger partial charge in [-0.2, -0.15) is 0 Å². The van der Waals surface area contributed by atoms with E-state index in [9.17, 15) is 18.0 Å². The molecule has 0 unspecified atom stereocenters. The van der Waals surface area contributed by atoms with Gasteiger partial charge in [0.25, 0.3) is 10.0 Å². The van der Waals surface area contributed by atoms with Gasteiger partial charge < -0.3 is 10.2 Å². The maximum absolute atomic E-state index is 14.6. The Labute approximate surface area is 277 Å². The van der Waals surface area contributed by atoms with Crippen LogP contribution in [-0.4, -0.2) is 43.8 Å². The van der Waals surface area contributed by atoms with E-state index in [0.29, 0.717) is 16.3 Å². The van der Waals surface area contributed by atoms with E-state index in [-0.39, 0.29) is 29.8 Å². The Morgan fingerprint density at radius 2 is 1.39 bits per heavy atom. The number of sulfonamides is 1. The molecule has 2 amide bonds. The van der Waals surface area contributed by atoms with E-state index in [1.54, 1.807) is 17.0 Å². The summed E-state index contributed by atoms with van der Waals surface area (Å²) in [6, 6.07) is 31.2. The summed E-state index contributed by atoms with van der Waals surface area (Å²) in [5, 5.41) is 3.64. The van der Waals surface area contributed by atoms with Gasteiger partial charge in [0.1, 0.15) is 12.6 Å². The van der Waals surface area contributed by atoms with Gasteiger partial charge in [0.2, 0.25) is 11.8 Å². The molecule has 240 valence electrons. The number of anilines is 1. The number of para-hydroxylation sites is 1. The molecule has 0 saturated heterocycles. The molecule has 0 radical (unpaired) electrons. The minimum atomic E-state index is -4.20. The van der Waals surface area contributed by atoms with Crippen LogP contribution in [0.5, 0.6) is 0 Å². The fourth-order valence-electron chi connectivity index (χ4n) is 5.97. The topological polar surface area (TPSA) is 86.8 Å². The van der Waals surface area contributed by atoms with Crippen LogP contribution in [0.2, 0.25) is 5.02 Å². The second kappa shape index (κ2) is 15.4. The first-order chi connectivity index (χ1) is 22.2. The van der Waals surface area contributed by atoms with Crippen molar-refractivity contribution >= 4 is 39.1 Å². The molecular formula is C37H40ClN3O4S. The summed E-state index contributed by atoms with van der Waals surface area (Å²) < 4.78 is 29.5. The molecule has 7 nitrogen and oxygen atoms in total. The van der Waals surface area contributed by atoms with Crippen LogP contribution in [0, 0.1) is 6.92 Å². The SMILES string of the molecule is Cc1ccccc1N(CC(=O)N(Cc1ccccc1)[C@@H](Cc1ccccc1)C(=O)NC1CCCCC1)S(=O)(=O)c1ccc(Cl)cc1. The number of halogens is 1. The highest BCUT2D eigenvalue weighted by molar-refractivity contribution is 7.92. The summed E-state index contributed by atoms with van der Waals surface area (Å²) in [5.41, 5.74) is 2.82. The number of benzene rings is 4. The third-order valence-corrected chi connectivity index (χ3v) is 10.5. The molecule has 46 heavy (non-hydrogen) atoms. The number of hydrogen-bond acceptors (Lipinski definition) is 4. The van der Waals surface area contributed by atoms with Crippen LogP contribution in [-0.2, 0) is 32.6 Å². The van der Waals surface area contributed by atoms with Gasteiger partial charge in [-0.1, -0.05) is 110 Å². The minimum Gasteiger partial charge on any atom is -0.352 e. The van der Waals surface area contributed by atoms with E-state index in [0.717, 1.165) is 47.5 Å². The maximum atomic E-state index is 14.6. The molecule has 0 aliphatic heterocycles. The number of hydrogen-bond donors (Lipinski definition) is 1. The molecule has 1 fully saturated rings. The smallest absolute Gasteiger partial charge is 0.264 e. The second-order valence-corrected chi connectivity index (χ2v) is 14.1. The summed E-state index contributed by atoms with van der Waals surface area (Å²) in [5.74, 6) is -0.715. The Hall–Kier alpha value is -4.14. The molecule has 0 spiro atoms. The largest absolute Gasteiger partial charge is 0.352 e. The van der Waals surface area contributed by atoms with Crippen molar-refractivity contribution in [1.82, 2.24) is 10.2 Å². The van der Waals surface area contributed by atoms with Crippen molar-refractivity contribution in [3.05, 3.63) is 131 Å². The number of amides is 2. The minimum absolute atomic E-state index is 0.0124. The standard InChI is InChI=1S/C37H40ClN3O4S/c1-28-13-11-12-20-34(28)41(46(44,45)33-23-21-31(38)22-24-33)27-36(42)40(26-30-16-7-3-8-17-30)35(25-29-14-5-2-6-15-29)37(43)39-32-18-9-4-10-19-32/h2-3,5-8,11-17,20-24,32,35H,4,9-10,18-19,25-27H2,1H3,(H,39,43)/t35-/m0/s1. The molecule has 1 aliphatic carbocycles. The number of carbonyl (C=O) groups excluding carboxylic acids is 2. The van der Waals surface area contributed by atoms with E-state index in [4.69, 9.17) is 11.6 Å². The highest BCUT2D eigenvalue weighted by Crippen LogP contribution is 2.28. The molecular weight excluding hydrogens is 618 g/mol. The zero-order valence-corrected chi connectivity index (χ0v) is 27.6. The van der Waals surface area contributed by atoms with E-state index in [1.165, 1.54) is 24.3 Å². The van der Waals surface area contributed by atoms with Crippen molar-refractivity contribution in [1.29, 1.82) is 0 Å². The molecule has 1 saturated carbocycles. The van der Waals surface area contributed by atoms with Crippen LogP contribution in [0.25, 0.3) is 0 Å². The van der Waals surface area contributed by atoms with Gasteiger partial charge >= 0.3 is 0 Å². The molecule has 1 N–H and O–H groups in total. The van der Waals surface area contributed by atoms with Crippen molar-refractivity contribution in [2.24, 2.45) is 0 Å². The van der Waals surface area contributed by atoms with Crippen molar-refractivity contribution in [2.45, 2.75) is 69.0 Å². The van der Waals surface area contributed by atoms with Gasteiger partial charge in [0.15, 0.2) is 0 Å². The lowest BCUT2D eigenvalue weighted by Gasteiger charge is -2.35. The summed E-state index contributed by atoms with van der Waals surface area (Å²) >= 11 is 6.08. The molecule has 0 bridgehead atoms. The molecule has 4 aromatic carbocycles. The highest BCUT2D eigenvalue weighted by atomic mass is 35.5. The van der Waals surface area contributed by atoms with Gasteiger partial charge in [-0.05, 0) is 66.8 Å². The Kier molecular flexibility index (Phi) is 11.1. The maximum Gasteiger partial charge on any atom is 0.264 e. The van der Waals surface area contributed by atoms with Crippen molar-refractivity contribution in [3.8, 4) is 0 Å². The number of aryl methyl sites for hydroxylation is 1. The van der Waals surface area contributed by atoms with Gasteiger partial charge in [-0.25, -0.2) is 8.42 Å². The van der Waals surface area contributed by atoms with E-state index >= 15 is 0 Å². The van der Waals surface area contributed by atoms with Gasteiger partial charge in [-0.15, -0.1) is 0 Å². The third-order valence-electron chi connectivity index (χ3n) is 8.48. The monoisotopic (exact) mass is 657 g/mol. The number of nitrogens with one attached hydrogen (secondary N) is 1. The first-order valence-electron chi connectivity index (χ1n) is 15.7. The summed E-state index contributed by atoms with van der Waals surface area (Å²) in [7, 11) is -4.20. The fourth-order valence-corrected chi connectivity index (χ4v) is 7.57. The number of rotatable bonds is 12. The second-order valence-electron chi connectivity index (χ2n) is 11.8.